The van der Waals surface area contributed by atoms with Gasteiger partial charge in [0.25, 0.3) is 0 Å². The van der Waals surface area contributed by atoms with Gasteiger partial charge in [0.05, 0.1) is 21.8 Å². The molecule has 0 unspecified atom stereocenters. The van der Waals surface area contributed by atoms with E-state index in [1.807, 2.05) is 19.9 Å². The highest BCUT2D eigenvalue weighted by Crippen LogP contribution is 2.31. The van der Waals surface area contributed by atoms with Crippen LogP contribution >= 0.6 is 11.3 Å². The molecule has 4 aromatic rings. The Labute approximate surface area is 167 Å². The topological polar surface area (TPSA) is 59.8 Å². The number of fused-ring (bicyclic) bond motifs is 1. The SMILES string of the molecule is Cc1nc2ccc(Nc3nc(=O)c(F)cn3Cc3cc(F)cc(F)c3)c(C)c2s1. The number of hydrogen-bond acceptors (Lipinski definition) is 5. The number of halogens is 3. The second-order valence-corrected chi connectivity index (χ2v) is 7.77. The molecule has 2 aromatic heterocycles. The monoisotopic (exact) mass is 416 g/mol. The molecule has 148 valence electrons. The van der Waals surface area contributed by atoms with Crippen molar-refractivity contribution in [2.24, 2.45) is 0 Å². The van der Waals surface area contributed by atoms with Gasteiger partial charge in [-0.25, -0.2) is 13.8 Å². The molecule has 0 aliphatic carbocycles. The number of nitrogens with zero attached hydrogens (tertiary/aromatic N) is 3. The molecule has 2 heterocycles. The van der Waals surface area contributed by atoms with Crippen LogP contribution in [0.5, 0.6) is 0 Å². The van der Waals surface area contributed by atoms with Gasteiger partial charge in [0.1, 0.15) is 11.6 Å². The van der Waals surface area contributed by atoms with Crippen molar-refractivity contribution in [3.63, 3.8) is 0 Å². The summed E-state index contributed by atoms with van der Waals surface area (Å²) in [6.45, 7) is 3.73. The Morgan fingerprint density at radius 2 is 1.79 bits per heavy atom. The smallest absolute Gasteiger partial charge is 0.310 e. The first kappa shape index (κ1) is 19.1. The molecule has 0 saturated heterocycles. The zero-order valence-electron chi connectivity index (χ0n) is 15.5. The fraction of sp³-hybridized carbons (Fsp3) is 0.150. The lowest BCUT2D eigenvalue weighted by molar-refractivity contribution is 0.568. The van der Waals surface area contributed by atoms with E-state index in [0.717, 1.165) is 45.2 Å². The summed E-state index contributed by atoms with van der Waals surface area (Å²) < 4.78 is 43.2. The minimum absolute atomic E-state index is 0.0600. The minimum atomic E-state index is -1.06. The van der Waals surface area contributed by atoms with Crippen LogP contribution in [0.4, 0.5) is 24.8 Å². The summed E-state index contributed by atoms with van der Waals surface area (Å²) in [6.07, 6.45) is 0.963. The Bertz CT molecular complexity index is 1280. The Balaban J connectivity index is 1.76. The van der Waals surface area contributed by atoms with Crippen LogP contribution in [-0.4, -0.2) is 14.5 Å². The Morgan fingerprint density at radius 1 is 1.07 bits per heavy atom. The average Bonchev–Trinajstić information content (AvgIpc) is 3.02. The number of aromatic nitrogens is 3. The van der Waals surface area contributed by atoms with Crippen LogP contribution in [-0.2, 0) is 6.54 Å². The average molecular weight is 416 g/mol. The summed E-state index contributed by atoms with van der Waals surface area (Å²) in [5, 5.41) is 3.96. The highest BCUT2D eigenvalue weighted by molar-refractivity contribution is 7.18. The van der Waals surface area contributed by atoms with E-state index in [2.05, 4.69) is 15.3 Å². The molecule has 0 saturated carbocycles. The van der Waals surface area contributed by atoms with E-state index in [-0.39, 0.29) is 18.1 Å². The highest BCUT2D eigenvalue weighted by atomic mass is 32.1. The molecule has 0 amide bonds. The number of aryl methyl sites for hydroxylation is 2. The number of anilines is 2. The van der Waals surface area contributed by atoms with E-state index in [1.54, 1.807) is 6.07 Å². The maximum atomic E-state index is 13.9. The summed E-state index contributed by atoms with van der Waals surface area (Å²) in [7, 11) is 0. The first-order chi connectivity index (χ1) is 13.8. The van der Waals surface area contributed by atoms with Gasteiger partial charge in [0, 0.05) is 18.0 Å². The number of rotatable bonds is 4. The lowest BCUT2D eigenvalue weighted by atomic mass is 10.2. The van der Waals surface area contributed by atoms with E-state index in [9.17, 15) is 18.0 Å². The number of thiazole rings is 1. The van der Waals surface area contributed by atoms with Crippen molar-refractivity contribution in [3.05, 3.63) is 80.5 Å². The second kappa shape index (κ2) is 7.32. The number of nitrogens with one attached hydrogen (secondary N) is 1. The molecule has 1 N–H and O–H groups in total. The van der Waals surface area contributed by atoms with E-state index in [0.29, 0.717) is 5.69 Å². The molecule has 4 rings (SSSR count). The summed E-state index contributed by atoms with van der Waals surface area (Å²) in [5.41, 5.74) is 1.66. The largest absolute Gasteiger partial charge is 0.325 e. The lowest BCUT2D eigenvalue weighted by Crippen LogP contribution is -2.20. The third-order valence-electron chi connectivity index (χ3n) is 4.39. The quantitative estimate of drug-likeness (QED) is 0.525. The predicted molar refractivity (Wildman–Crippen MR) is 106 cm³/mol. The Hall–Kier alpha value is -3.20. The molecular weight excluding hydrogens is 401 g/mol. The molecule has 0 radical (unpaired) electrons. The van der Waals surface area contributed by atoms with Crippen LogP contribution in [0.1, 0.15) is 16.1 Å². The third-order valence-corrected chi connectivity index (χ3v) is 5.49. The minimum Gasteiger partial charge on any atom is -0.325 e. The number of benzene rings is 2. The van der Waals surface area contributed by atoms with Crippen molar-refractivity contribution in [1.82, 2.24) is 14.5 Å². The van der Waals surface area contributed by atoms with Gasteiger partial charge in [0.15, 0.2) is 0 Å². The standard InChI is InChI=1S/C20H15F3N4OS/c1-10-16(3-4-17-18(10)29-11(2)24-17)25-20-26-19(28)15(23)9-27(20)8-12-5-13(21)7-14(22)6-12/h3-7,9H,8H2,1-2H3,(H,25,26,28). The van der Waals surface area contributed by atoms with Gasteiger partial charge in [-0.1, -0.05) is 0 Å². The Morgan fingerprint density at radius 3 is 2.52 bits per heavy atom. The van der Waals surface area contributed by atoms with Crippen LogP contribution in [0.25, 0.3) is 10.2 Å². The summed E-state index contributed by atoms with van der Waals surface area (Å²) in [6, 6.07) is 6.66. The van der Waals surface area contributed by atoms with Crippen LogP contribution in [0.2, 0.25) is 0 Å². The van der Waals surface area contributed by atoms with Gasteiger partial charge >= 0.3 is 5.56 Å². The highest BCUT2D eigenvalue weighted by Gasteiger charge is 2.13. The van der Waals surface area contributed by atoms with Gasteiger partial charge in [-0.05, 0) is 49.2 Å². The number of hydrogen-bond donors (Lipinski definition) is 1. The summed E-state index contributed by atoms with van der Waals surface area (Å²) in [4.78, 5) is 20.0. The van der Waals surface area contributed by atoms with Gasteiger partial charge < -0.3 is 9.88 Å². The zero-order valence-corrected chi connectivity index (χ0v) is 16.3. The van der Waals surface area contributed by atoms with E-state index in [4.69, 9.17) is 0 Å². The van der Waals surface area contributed by atoms with Crippen molar-refractivity contribution in [2.75, 3.05) is 5.32 Å². The fourth-order valence-electron chi connectivity index (χ4n) is 3.08. The molecule has 0 spiro atoms. The van der Waals surface area contributed by atoms with Crippen molar-refractivity contribution < 1.29 is 13.2 Å². The third kappa shape index (κ3) is 3.86. The van der Waals surface area contributed by atoms with E-state index in [1.165, 1.54) is 15.9 Å². The molecule has 5 nitrogen and oxygen atoms in total. The van der Waals surface area contributed by atoms with Gasteiger partial charge in [0.2, 0.25) is 11.8 Å². The molecule has 29 heavy (non-hydrogen) atoms. The van der Waals surface area contributed by atoms with Crippen LogP contribution in [0.15, 0.2) is 41.3 Å². The Kier molecular flexibility index (Phi) is 4.83. The molecule has 0 fully saturated rings. The molecule has 0 aliphatic heterocycles. The molecule has 0 bridgehead atoms. The van der Waals surface area contributed by atoms with Gasteiger partial charge in [-0.15, -0.1) is 11.3 Å². The maximum Gasteiger partial charge on any atom is 0.310 e. The first-order valence-corrected chi connectivity index (χ1v) is 9.47. The lowest BCUT2D eigenvalue weighted by Gasteiger charge is -2.15. The van der Waals surface area contributed by atoms with E-state index < -0.39 is 23.0 Å². The summed E-state index contributed by atoms with van der Waals surface area (Å²) in [5.74, 6) is -2.49. The predicted octanol–water partition coefficient (Wildman–Crippen LogP) is 4.68. The van der Waals surface area contributed by atoms with Crippen molar-refractivity contribution in [1.29, 1.82) is 0 Å². The van der Waals surface area contributed by atoms with Gasteiger partial charge in [-0.3, -0.25) is 4.79 Å². The van der Waals surface area contributed by atoms with Crippen molar-refractivity contribution in [2.45, 2.75) is 20.4 Å². The summed E-state index contributed by atoms with van der Waals surface area (Å²) >= 11 is 1.54. The van der Waals surface area contributed by atoms with Crippen molar-refractivity contribution >= 4 is 33.2 Å². The normalized spacial score (nSPS) is 11.2. The van der Waals surface area contributed by atoms with Crippen LogP contribution in [0, 0.1) is 31.3 Å². The van der Waals surface area contributed by atoms with E-state index >= 15 is 0 Å². The maximum absolute atomic E-state index is 13.9. The van der Waals surface area contributed by atoms with Gasteiger partial charge in [-0.2, -0.15) is 9.37 Å². The molecule has 0 aliphatic rings. The van der Waals surface area contributed by atoms with Crippen molar-refractivity contribution in [3.8, 4) is 0 Å². The molecular formula is C20H15F3N4OS. The molecule has 0 atom stereocenters. The first-order valence-electron chi connectivity index (χ1n) is 8.66. The zero-order chi connectivity index (χ0) is 20.7. The molecule has 2 aromatic carbocycles. The van der Waals surface area contributed by atoms with Crippen LogP contribution < -0.4 is 10.9 Å². The second-order valence-electron chi connectivity index (χ2n) is 6.57. The fourth-order valence-corrected chi connectivity index (χ4v) is 4.00. The van der Waals surface area contributed by atoms with Crippen LogP contribution in [0.3, 0.4) is 0 Å². The molecule has 9 heteroatoms.